The normalized spacial score (nSPS) is 31.5. The number of phenols is 1. The summed E-state index contributed by atoms with van der Waals surface area (Å²) in [6, 6.07) is 24.0. The Morgan fingerprint density at radius 1 is 0.921 bits per heavy atom. The molecule has 0 aromatic heterocycles. The van der Waals surface area contributed by atoms with Crippen LogP contribution in [0.25, 0.3) is 16.7 Å². The summed E-state index contributed by atoms with van der Waals surface area (Å²) in [6.07, 6.45) is 15.1. The average molecular weight is 850 g/mol. The van der Waals surface area contributed by atoms with E-state index in [2.05, 4.69) is 70.6 Å². The van der Waals surface area contributed by atoms with Gasteiger partial charge in [0.25, 0.3) is 0 Å². The van der Waals surface area contributed by atoms with Gasteiger partial charge in [-0.2, -0.15) is 0 Å². The van der Waals surface area contributed by atoms with Crippen LogP contribution in [0.1, 0.15) is 74.1 Å². The van der Waals surface area contributed by atoms with Crippen LogP contribution in [0.15, 0.2) is 125 Å². The second-order valence-corrected chi connectivity index (χ2v) is 18.9. The molecule has 8 aliphatic rings. The maximum Gasteiger partial charge on any atom is 0.340 e. The highest BCUT2D eigenvalue weighted by Crippen LogP contribution is 2.77. The van der Waals surface area contributed by atoms with Gasteiger partial charge in [0.2, 0.25) is 0 Å². The summed E-state index contributed by atoms with van der Waals surface area (Å²) in [4.78, 5) is 30.0. The maximum absolute atomic E-state index is 15.1. The first kappa shape index (κ1) is 41.9. The zero-order chi connectivity index (χ0) is 43.5. The number of aliphatic hydroxyl groups excluding tert-OH is 2. The highest BCUT2D eigenvalue weighted by molar-refractivity contribution is 6.08. The Bertz CT molecular complexity index is 2470. The predicted molar refractivity (Wildman–Crippen MR) is 241 cm³/mol. The van der Waals surface area contributed by atoms with E-state index in [1.807, 2.05) is 50.5 Å². The maximum atomic E-state index is 15.1. The lowest BCUT2D eigenvalue weighted by atomic mass is 9.38. The Balaban J connectivity index is 1.20. The molecule has 11 rings (SSSR count). The van der Waals surface area contributed by atoms with Crippen LogP contribution < -0.4 is 16.0 Å². The lowest BCUT2D eigenvalue weighted by Crippen LogP contribution is -2.58. The lowest BCUT2D eigenvalue weighted by molar-refractivity contribution is -0.135. The topological polar surface area (TPSA) is 149 Å². The number of carbonyl (C=O) groups excluding carboxylic acids is 2. The minimum atomic E-state index is -1.04. The molecule has 2 spiro atoms. The number of allylic oxidation sites excluding steroid dienone is 6. The molecule has 0 amide bonds. The van der Waals surface area contributed by atoms with Crippen LogP contribution >= 0.6 is 0 Å². The summed E-state index contributed by atoms with van der Waals surface area (Å²) < 4.78 is 13.0. The van der Waals surface area contributed by atoms with E-state index < -0.39 is 22.7 Å². The van der Waals surface area contributed by atoms with Crippen LogP contribution in [0.4, 0.5) is 0 Å². The first-order valence-electron chi connectivity index (χ1n) is 23.0. The van der Waals surface area contributed by atoms with E-state index in [9.17, 15) is 20.1 Å². The van der Waals surface area contributed by atoms with Crippen LogP contribution in [0, 0.1) is 40.4 Å². The molecule has 3 heterocycles. The van der Waals surface area contributed by atoms with Crippen molar-refractivity contribution in [2.45, 2.75) is 70.0 Å². The van der Waals surface area contributed by atoms with Crippen molar-refractivity contribution in [3.63, 3.8) is 0 Å². The summed E-state index contributed by atoms with van der Waals surface area (Å²) in [5, 5.41) is 42.8. The lowest BCUT2D eigenvalue weighted by Gasteiger charge is -2.62. The molecule has 10 nitrogen and oxygen atoms in total. The smallest absolute Gasteiger partial charge is 0.340 e. The van der Waals surface area contributed by atoms with E-state index in [0.29, 0.717) is 67.1 Å². The second-order valence-electron chi connectivity index (χ2n) is 18.9. The highest BCUT2D eigenvalue weighted by Gasteiger charge is 2.73. The van der Waals surface area contributed by atoms with Gasteiger partial charge in [-0.25, -0.2) is 9.59 Å². The van der Waals surface area contributed by atoms with Crippen molar-refractivity contribution in [1.29, 1.82) is 0 Å². The van der Waals surface area contributed by atoms with Crippen molar-refractivity contribution >= 4 is 17.5 Å². The summed E-state index contributed by atoms with van der Waals surface area (Å²) in [5.74, 6) is -0.107. The van der Waals surface area contributed by atoms with Gasteiger partial charge in [-0.15, -0.1) is 0 Å². The van der Waals surface area contributed by atoms with E-state index in [1.54, 1.807) is 6.07 Å². The number of fused-ring (bicyclic) bond motifs is 5. The standard InChI is InChI=1S/C53H59N3O7/c1-54-42-17-21-52-20-15-39-43(14-11-36(30-58)33-18-23-56-45(28-33)55-2)62-50(60)47(39)49(52)53-22-16-41(52)46(40-29-37(59)12-13-38(40)34-9-6-10-35(42)27-34)48(53)51(61)63-44(53)26-32(19-24-57)25-31-7-4-3-5-8-31/h3-10,12-14,17,21,26-27,29,32-33,36,41-42,45,49,54-59H,11,15-16,18-20,22-25,28,30H2,1-2H3/t32-,33-,36+,41+,42+,45-,49-,52-,53+/m1/s1. The van der Waals surface area contributed by atoms with Gasteiger partial charge in [0.1, 0.15) is 17.3 Å². The first-order chi connectivity index (χ1) is 30.7. The van der Waals surface area contributed by atoms with Crippen LogP contribution in [-0.2, 0) is 25.5 Å². The molecule has 0 unspecified atom stereocenters. The van der Waals surface area contributed by atoms with Crippen LogP contribution in [0.5, 0.6) is 5.75 Å². The summed E-state index contributed by atoms with van der Waals surface area (Å²) in [7, 11) is 3.92. The van der Waals surface area contributed by atoms with Crippen molar-refractivity contribution < 1.29 is 34.4 Å². The first-order valence-corrected chi connectivity index (χ1v) is 23.0. The van der Waals surface area contributed by atoms with Crippen molar-refractivity contribution in [3.05, 3.63) is 142 Å². The fourth-order valence-electron chi connectivity index (χ4n) is 13.0. The zero-order valence-electron chi connectivity index (χ0n) is 36.2. The number of ether oxygens (including phenoxy) is 2. The Labute approximate surface area is 369 Å². The van der Waals surface area contributed by atoms with Crippen molar-refractivity contribution in [1.82, 2.24) is 16.0 Å². The predicted octanol–water partition coefficient (Wildman–Crippen LogP) is 7.41. The van der Waals surface area contributed by atoms with E-state index in [1.165, 1.54) is 0 Å². The Kier molecular flexibility index (Phi) is 11.2. The van der Waals surface area contributed by atoms with Gasteiger partial charge in [0.05, 0.1) is 23.2 Å². The number of aliphatic hydroxyl groups is 2. The molecule has 1 saturated carbocycles. The SMILES string of the molecule is CN[C@H]1C[C@H]([C@H](CO)CC=C2OC(=O)C3=C2CC[C@@]24C=C[C@H](NC)c5cccc(c5)-c5ccc(O)cc5C5=C6C(=O)OC(=C[C@H](CCO)Cc7ccccc7)[C@]6(CC[C@@H]52)[C@H]34)CCN1. The zero-order valence-corrected chi connectivity index (χ0v) is 36.2. The number of hydrogen-bond acceptors (Lipinski definition) is 10. The van der Waals surface area contributed by atoms with E-state index in [0.717, 1.165) is 64.8 Å². The van der Waals surface area contributed by atoms with Gasteiger partial charge in [-0.3, -0.25) is 0 Å². The Morgan fingerprint density at radius 3 is 2.57 bits per heavy atom. The number of rotatable bonds is 11. The molecule has 3 fully saturated rings. The van der Waals surface area contributed by atoms with Gasteiger partial charge in [-0.1, -0.05) is 66.7 Å². The fourth-order valence-corrected chi connectivity index (χ4v) is 13.0. The molecule has 63 heavy (non-hydrogen) atoms. The summed E-state index contributed by atoms with van der Waals surface area (Å²) in [5.41, 5.74) is 6.18. The monoisotopic (exact) mass is 849 g/mol. The quantitative estimate of drug-likeness (QED) is 0.0851. The third-order valence-corrected chi connectivity index (χ3v) is 15.8. The molecule has 9 atom stereocenters. The average Bonchev–Trinajstić information content (AvgIpc) is 3.78. The van der Waals surface area contributed by atoms with Gasteiger partial charge < -0.3 is 40.7 Å². The summed E-state index contributed by atoms with van der Waals surface area (Å²) >= 11 is 0. The van der Waals surface area contributed by atoms with Crippen molar-refractivity contribution in [3.8, 4) is 16.9 Å². The van der Waals surface area contributed by atoms with Gasteiger partial charge in [-0.05, 0) is 166 Å². The second kappa shape index (κ2) is 16.8. The Morgan fingerprint density at radius 2 is 1.78 bits per heavy atom. The highest BCUT2D eigenvalue weighted by atomic mass is 16.6. The molecule has 10 heteroatoms. The molecule has 3 aromatic rings. The number of benzene rings is 3. The van der Waals surface area contributed by atoms with Crippen molar-refractivity contribution in [2.24, 2.45) is 40.4 Å². The molecule has 0 radical (unpaired) electrons. The molecule has 6 bridgehead atoms. The number of piperidine rings is 1. The van der Waals surface area contributed by atoms with Crippen LogP contribution in [-0.4, -0.2) is 67.3 Å². The molecule has 3 aliphatic heterocycles. The number of likely N-dealkylation sites (N-methyl/N-ethyl adjacent to an activating group) is 1. The number of phenolic OH excluding ortho intramolecular Hbond substituents is 1. The third kappa shape index (κ3) is 6.88. The molecular formula is C53H59N3O7. The van der Waals surface area contributed by atoms with Gasteiger partial charge in [0.15, 0.2) is 0 Å². The molecule has 6 N–H and O–H groups in total. The Hall–Kier alpha value is -5.10. The molecule has 2 saturated heterocycles. The number of aromatic hydroxyl groups is 1. The molecule has 328 valence electrons. The largest absolute Gasteiger partial charge is 0.508 e. The number of hydrogen-bond donors (Lipinski definition) is 6. The van der Waals surface area contributed by atoms with E-state index >= 15 is 4.79 Å². The van der Waals surface area contributed by atoms with Gasteiger partial charge >= 0.3 is 11.9 Å². The minimum absolute atomic E-state index is 0.0107. The number of esters is 2. The molecule has 3 aromatic carbocycles. The molecule has 5 aliphatic carbocycles. The van der Waals surface area contributed by atoms with Crippen LogP contribution in [0.3, 0.4) is 0 Å². The fraction of sp³-hybridized carbons (Fsp3) is 0.434. The summed E-state index contributed by atoms with van der Waals surface area (Å²) in [6.45, 7) is 0.875. The third-order valence-electron chi connectivity index (χ3n) is 15.8. The van der Waals surface area contributed by atoms with Gasteiger partial charge in [0, 0.05) is 35.7 Å². The number of nitrogens with one attached hydrogen (secondary N) is 3. The number of carbonyl (C=O) groups is 2. The van der Waals surface area contributed by atoms with Crippen molar-refractivity contribution in [2.75, 3.05) is 33.9 Å². The number of cyclic esters (lactones) is 2. The minimum Gasteiger partial charge on any atom is -0.508 e. The van der Waals surface area contributed by atoms with E-state index in [-0.39, 0.29) is 54.9 Å². The molecular weight excluding hydrogens is 791 g/mol. The van der Waals surface area contributed by atoms with E-state index in [4.69, 9.17) is 9.47 Å². The van der Waals surface area contributed by atoms with Crippen LogP contribution in [0.2, 0.25) is 0 Å².